The molecule has 0 aliphatic carbocycles. The van der Waals surface area contributed by atoms with Crippen molar-refractivity contribution in [1.29, 1.82) is 5.26 Å². The van der Waals surface area contributed by atoms with E-state index < -0.39 is 11.9 Å². The van der Waals surface area contributed by atoms with Crippen LogP contribution in [0.15, 0.2) is 42.9 Å². The van der Waals surface area contributed by atoms with Gasteiger partial charge in [0.1, 0.15) is 5.92 Å². The Kier molecular flexibility index (Phi) is 3.24. The Labute approximate surface area is 136 Å². The van der Waals surface area contributed by atoms with E-state index in [9.17, 15) is 9.18 Å². The number of hydrogen-bond acceptors (Lipinski definition) is 4. The second kappa shape index (κ2) is 5.42. The zero-order chi connectivity index (χ0) is 16.7. The van der Waals surface area contributed by atoms with Gasteiger partial charge < -0.3 is 4.90 Å². The lowest BCUT2D eigenvalue weighted by molar-refractivity contribution is -0.118. The highest BCUT2D eigenvalue weighted by molar-refractivity contribution is 6.02. The minimum Gasteiger partial charge on any atom is -0.309 e. The highest BCUT2D eigenvalue weighted by Crippen LogP contribution is 2.31. The van der Waals surface area contributed by atoms with Crippen LogP contribution in [0.3, 0.4) is 0 Å². The molecule has 118 valence electrons. The molecule has 4 heterocycles. The molecule has 0 saturated carbocycles. The molecule has 24 heavy (non-hydrogen) atoms. The van der Waals surface area contributed by atoms with Crippen molar-refractivity contribution in [3.63, 3.8) is 0 Å². The van der Waals surface area contributed by atoms with E-state index in [-0.39, 0.29) is 5.91 Å². The number of hydrogen-bond donors (Lipinski definition) is 0. The molecule has 0 radical (unpaired) electrons. The summed E-state index contributed by atoms with van der Waals surface area (Å²) in [6.45, 7) is 0.509. The standard InChI is InChI=1S/C17H12FN5O/c18-16-2-1-12(9-20-16)13-7-15-14(3-5-21-23(15)10-13)22-6-4-11(8-19)17(22)24/h1-3,5,7,9-11H,4,6H2. The summed E-state index contributed by atoms with van der Waals surface area (Å²) in [5.41, 5.74) is 3.05. The van der Waals surface area contributed by atoms with Crippen LogP contribution in [0.5, 0.6) is 0 Å². The van der Waals surface area contributed by atoms with Crippen LogP contribution in [0, 0.1) is 23.2 Å². The van der Waals surface area contributed by atoms with Crippen molar-refractivity contribution in [3.8, 4) is 17.2 Å². The molecule has 3 aromatic rings. The van der Waals surface area contributed by atoms with Gasteiger partial charge in [-0.15, -0.1) is 0 Å². The summed E-state index contributed by atoms with van der Waals surface area (Å²) >= 11 is 0. The molecule has 1 amide bonds. The number of aromatic nitrogens is 3. The minimum atomic E-state index is -0.589. The third-order valence-corrected chi connectivity index (χ3v) is 4.20. The molecular weight excluding hydrogens is 309 g/mol. The molecule has 0 N–H and O–H groups in total. The highest BCUT2D eigenvalue weighted by Gasteiger charge is 2.33. The van der Waals surface area contributed by atoms with Crippen LogP contribution in [-0.4, -0.2) is 27.0 Å². The first kappa shape index (κ1) is 14.3. The number of carbonyl (C=O) groups excluding carboxylic acids is 1. The van der Waals surface area contributed by atoms with Gasteiger partial charge in [-0.3, -0.25) is 4.79 Å². The first-order valence-corrected chi connectivity index (χ1v) is 7.47. The van der Waals surface area contributed by atoms with Crippen LogP contribution in [0.25, 0.3) is 16.6 Å². The summed E-state index contributed by atoms with van der Waals surface area (Å²) in [6, 6.07) is 8.62. The van der Waals surface area contributed by atoms with E-state index >= 15 is 0 Å². The third-order valence-electron chi connectivity index (χ3n) is 4.20. The zero-order valence-electron chi connectivity index (χ0n) is 12.6. The van der Waals surface area contributed by atoms with E-state index in [0.29, 0.717) is 18.7 Å². The topological polar surface area (TPSA) is 74.3 Å². The Morgan fingerprint density at radius 1 is 1.29 bits per heavy atom. The summed E-state index contributed by atoms with van der Waals surface area (Å²) in [7, 11) is 0. The quantitative estimate of drug-likeness (QED) is 0.679. The summed E-state index contributed by atoms with van der Waals surface area (Å²) in [6.07, 6.45) is 5.40. The average molecular weight is 321 g/mol. The van der Waals surface area contributed by atoms with Gasteiger partial charge in [-0.2, -0.15) is 14.8 Å². The summed E-state index contributed by atoms with van der Waals surface area (Å²) in [5, 5.41) is 13.3. The molecule has 4 rings (SSSR count). The van der Waals surface area contributed by atoms with Crippen molar-refractivity contribution in [2.45, 2.75) is 6.42 Å². The van der Waals surface area contributed by atoms with E-state index in [4.69, 9.17) is 5.26 Å². The molecule has 1 unspecified atom stereocenters. The molecule has 1 atom stereocenters. The zero-order valence-corrected chi connectivity index (χ0v) is 12.6. The van der Waals surface area contributed by atoms with Gasteiger partial charge in [-0.25, -0.2) is 9.50 Å². The van der Waals surface area contributed by atoms with Crippen molar-refractivity contribution < 1.29 is 9.18 Å². The van der Waals surface area contributed by atoms with Gasteiger partial charge in [0.2, 0.25) is 11.9 Å². The van der Waals surface area contributed by atoms with Gasteiger partial charge in [0, 0.05) is 36.3 Å². The molecule has 7 heteroatoms. The number of nitrogens with zero attached hydrogens (tertiary/aromatic N) is 5. The van der Waals surface area contributed by atoms with Crippen molar-refractivity contribution in [3.05, 3.63) is 48.8 Å². The van der Waals surface area contributed by atoms with Gasteiger partial charge in [-0.1, -0.05) is 0 Å². The lowest BCUT2D eigenvalue weighted by atomic mass is 10.1. The van der Waals surface area contributed by atoms with E-state index in [1.807, 2.05) is 12.1 Å². The largest absolute Gasteiger partial charge is 0.309 e. The second-order valence-corrected chi connectivity index (χ2v) is 5.60. The lowest BCUT2D eigenvalue weighted by Crippen LogP contribution is -2.27. The SMILES string of the molecule is N#CC1CCN(c2ccnn3cc(-c4ccc(F)nc4)cc23)C1=O. The third kappa shape index (κ3) is 2.20. The predicted molar refractivity (Wildman–Crippen MR) is 84.5 cm³/mol. The number of carbonyl (C=O) groups is 1. The molecule has 0 spiro atoms. The highest BCUT2D eigenvalue weighted by atomic mass is 19.1. The first-order valence-electron chi connectivity index (χ1n) is 7.47. The van der Waals surface area contributed by atoms with Crippen LogP contribution < -0.4 is 4.90 Å². The number of anilines is 1. The Balaban J connectivity index is 1.80. The van der Waals surface area contributed by atoms with Gasteiger partial charge in [0.15, 0.2) is 0 Å². The van der Waals surface area contributed by atoms with Crippen molar-refractivity contribution in [2.24, 2.45) is 5.92 Å². The Morgan fingerprint density at radius 3 is 2.88 bits per heavy atom. The monoisotopic (exact) mass is 321 g/mol. The summed E-state index contributed by atoms with van der Waals surface area (Å²) in [4.78, 5) is 17.6. The van der Waals surface area contributed by atoms with Gasteiger partial charge >= 0.3 is 0 Å². The van der Waals surface area contributed by atoms with Gasteiger partial charge in [0.05, 0.1) is 17.3 Å². The molecule has 3 aromatic heterocycles. The van der Waals surface area contributed by atoms with Crippen LogP contribution in [0.1, 0.15) is 6.42 Å². The fourth-order valence-corrected chi connectivity index (χ4v) is 2.97. The molecule has 0 bridgehead atoms. The van der Waals surface area contributed by atoms with Crippen LogP contribution >= 0.6 is 0 Å². The Bertz CT molecular complexity index is 973. The molecular formula is C17H12FN5O. The molecule has 1 saturated heterocycles. The normalized spacial score (nSPS) is 17.4. The first-order chi connectivity index (χ1) is 11.7. The van der Waals surface area contributed by atoms with Crippen molar-refractivity contribution in [1.82, 2.24) is 14.6 Å². The number of amides is 1. The average Bonchev–Trinajstić information content (AvgIpc) is 3.18. The molecule has 1 aliphatic rings. The second-order valence-electron chi connectivity index (χ2n) is 5.60. The Hall–Kier alpha value is -3.27. The molecule has 1 fully saturated rings. The van der Waals surface area contributed by atoms with E-state index in [1.165, 1.54) is 12.3 Å². The maximum atomic E-state index is 13.0. The van der Waals surface area contributed by atoms with Gasteiger partial charge in [0.25, 0.3) is 0 Å². The number of halogens is 1. The molecule has 6 nitrogen and oxygen atoms in total. The van der Waals surface area contributed by atoms with E-state index in [0.717, 1.165) is 16.6 Å². The predicted octanol–water partition coefficient (Wildman–Crippen LogP) is 2.41. The number of rotatable bonds is 2. The Morgan fingerprint density at radius 2 is 2.17 bits per heavy atom. The lowest BCUT2D eigenvalue weighted by Gasteiger charge is -2.16. The summed E-state index contributed by atoms with van der Waals surface area (Å²) < 4.78 is 14.7. The number of pyridine rings is 1. The maximum absolute atomic E-state index is 13.0. The summed E-state index contributed by atoms with van der Waals surface area (Å²) in [5.74, 6) is -1.31. The molecule has 0 aromatic carbocycles. The van der Waals surface area contributed by atoms with Crippen molar-refractivity contribution in [2.75, 3.05) is 11.4 Å². The maximum Gasteiger partial charge on any atom is 0.244 e. The number of fused-ring (bicyclic) bond motifs is 1. The smallest absolute Gasteiger partial charge is 0.244 e. The van der Waals surface area contributed by atoms with E-state index in [1.54, 1.807) is 33.9 Å². The number of nitriles is 1. The van der Waals surface area contributed by atoms with Crippen LogP contribution in [0.4, 0.5) is 10.1 Å². The van der Waals surface area contributed by atoms with Gasteiger partial charge in [-0.05, 0) is 30.7 Å². The van der Waals surface area contributed by atoms with Crippen LogP contribution in [0.2, 0.25) is 0 Å². The molecule has 1 aliphatic heterocycles. The fraction of sp³-hybridized carbons (Fsp3) is 0.176. The van der Waals surface area contributed by atoms with E-state index in [2.05, 4.69) is 10.1 Å². The fourth-order valence-electron chi connectivity index (χ4n) is 2.97. The van der Waals surface area contributed by atoms with Crippen LogP contribution in [-0.2, 0) is 4.79 Å². The minimum absolute atomic E-state index is 0.184. The van der Waals surface area contributed by atoms with Crippen molar-refractivity contribution >= 4 is 17.1 Å².